The third kappa shape index (κ3) is 3.11. The van der Waals surface area contributed by atoms with Crippen LogP contribution in [0.1, 0.15) is 0 Å². The van der Waals surface area contributed by atoms with Gasteiger partial charge in [-0.2, -0.15) is 0 Å². The van der Waals surface area contributed by atoms with Gasteiger partial charge in [-0.3, -0.25) is 9.38 Å². The maximum Gasteiger partial charge on any atom is 0.137 e. The monoisotopic (exact) mass is 527 g/mol. The lowest BCUT2D eigenvalue weighted by atomic mass is 9.96. The molecular formula is C36H21N3S. The first-order chi connectivity index (χ1) is 19.8. The van der Waals surface area contributed by atoms with E-state index in [2.05, 4.69) is 120 Å². The summed E-state index contributed by atoms with van der Waals surface area (Å²) in [6.07, 6.45) is 4.03. The molecule has 0 N–H and O–H groups in total. The average molecular weight is 528 g/mol. The van der Waals surface area contributed by atoms with Gasteiger partial charge < -0.3 is 0 Å². The third-order valence-corrected chi connectivity index (χ3v) is 9.18. The van der Waals surface area contributed by atoms with Crippen LogP contribution in [-0.4, -0.2) is 14.4 Å². The second-order valence-electron chi connectivity index (χ2n) is 10.3. The van der Waals surface area contributed by atoms with Crippen LogP contribution in [0, 0.1) is 0 Å². The van der Waals surface area contributed by atoms with Gasteiger partial charge in [-0.05, 0) is 64.4 Å². The number of rotatable bonds is 2. The van der Waals surface area contributed by atoms with Crippen LogP contribution in [0.2, 0.25) is 0 Å². The van der Waals surface area contributed by atoms with Crippen LogP contribution < -0.4 is 0 Å². The molecule has 186 valence electrons. The van der Waals surface area contributed by atoms with Gasteiger partial charge in [-0.15, -0.1) is 11.3 Å². The van der Waals surface area contributed by atoms with Crippen molar-refractivity contribution in [2.75, 3.05) is 0 Å². The fourth-order valence-corrected chi connectivity index (χ4v) is 7.32. The van der Waals surface area contributed by atoms with E-state index in [1.807, 2.05) is 23.6 Å². The summed E-state index contributed by atoms with van der Waals surface area (Å²) in [7, 11) is 0. The van der Waals surface area contributed by atoms with Crippen molar-refractivity contribution >= 4 is 69.7 Å². The van der Waals surface area contributed by atoms with Crippen molar-refractivity contribution in [3.05, 3.63) is 128 Å². The smallest absolute Gasteiger partial charge is 0.137 e. The SMILES string of the molecule is c1ccc2c(c1)sc1cc(-c3ccnc(-c4ccc5c(c4)c4ccccc4c4nc6ccccn6c54)c3)ccc12. The van der Waals surface area contributed by atoms with Gasteiger partial charge in [0.15, 0.2) is 0 Å². The van der Waals surface area contributed by atoms with Gasteiger partial charge in [0, 0.05) is 48.9 Å². The predicted molar refractivity (Wildman–Crippen MR) is 169 cm³/mol. The molecule has 0 amide bonds. The molecule has 0 atom stereocenters. The van der Waals surface area contributed by atoms with Crippen molar-refractivity contribution in [1.29, 1.82) is 0 Å². The molecule has 4 heterocycles. The topological polar surface area (TPSA) is 30.2 Å². The number of imidazole rings is 1. The van der Waals surface area contributed by atoms with E-state index in [-0.39, 0.29) is 0 Å². The summed E-state index contributed by atoms with van der Waals surface area (Å²) in [6.45, 7) is 0. The van der Waals surface area contributed by atoms with E-state index < -0.39 is 0 Å². The number of aromatic nitrogens is 3. The molecule has 0 aliphatic rings. The summed E-state index contributed by atoms with van der Waals surface area (Å²) in [5.74, 6) is 0. The van der Waals surface area contributed by atoms with Crippen molar-refractivity contribution < 1.29 is 0 Å². The second kappa shape index (κ2) is 8.22. The summed E-state index contributed by atoms with van der Waals surface area (Å²) < 4.78 is 4.84. The van der Waals surface area contributed by atoms with E-state index in [0.717, 1.165) is 27.9 Å². The fraction of sp³-hybridized carbons (Fsp3) is 0. The lowest BCUT2D eigenvalue weighted by molar-refractivity contribution is 1.23. The van der Waals surface area contributed by atoms with Gasteiger partial charge in [0.05, 0.1) is 16.7 Å². The van der Waals surface area contributed by atoms with E-state index in [0.29, 0.717) is 0 Å². The van der Waals surface area contributed by atoms with Crippen molar-refractivity contribution in [3.63, 3.8) is 0 Å². The van der Waals surface area contributed by atoms with Gasteiger partial charge in [0.2, 0.25) is 0 Å². The van der Waals surface area contributed by atoms with Gasteiger partial charge >= 0.3 is 0 Å². The molecule has 0 saturated heterocycles. The van der Waals surface area contributed by atoms with Crippen molar-refractivity contribution in [2.45, 2.75) is 0 Å². The normalized spacial score (nSPS) is 12.0. The van der Waals surface area contributed by atoms with Crippen LogP contribution in [0.3, 0.4) is 0 Å². The largest absolute Gasteiger partial charge is 0.299 e. The van der Waals surface area contributed by atoms with E-state index in [9.17, 15) is 0 Å². The predicted octanol–water partition coefficient (Wildman–Crippen LogP) is 9.89. The van der Waals surface area contributed by atoms with Gasteiger partial charge in [0.1, 0.15) is 5.65 Å². The average Bonchev–Trinajstić information content (AvgIpc) is 3.60. The summed E-state index contributed by atoms with van der Waals surface area (Å²) in [6, 6.07) is 41.3. The number of nitrogens with zero attached hydrogens (tertiary/aromatic N) is 3. The molecule has 0 radical (unpaired) electrons. The van der Waals surface area contributed by atoms with Crippen LogP contribution in [-0.2, 0) is 0 Å². The van der Waals surface area contributed by atoms with Crippen LogP contribution in [0.25, 0.3) is 80.8 Å². The first-order valence-corrected chi connectivity index (χ1v) is 14.2. The molecule has 0 spiro atoms. The minimum Gasteiger partial charge on any atom is -0.299 e. The highest BCUT2D eigenvalue weighted by Gasteiger charge is 2.15. The Morgan fingerprint density at radius 3 is 2.23 bits per heavy atom. The highest BCUT2D eigenvalue weighted by atomic mass is 32.1. The summed E-state index contributed by atoms with van der Waals surface area (Å²) >= 11 is 1.85. The molecule has 0 aliphatic heterocycles. The van der Waals surface area contributed by atoms with E-state index >= 15 is 0 Å². The Labute approximate surface area is 233 Å². The van der Waals surface area contributed by atoms with E-state index in [4.69, 9.17) is 9.97 Å². The molecule has 9 rings (SSSR count). The summed E-state index contributed by atoms with van der Waals surface area (Å²) in [4.78, 5) is 9.81. The zero-order valence-corrected chi connectivity index (χ0v) is 22.2. The lowest BCUT2D eigenvalue weighted by Crippen LogP contribution is -1.89. The van der Waals surface area contributed by atoms with Crippen LogP contribution in [0.4, 0.5) is 0 Å². The van der Waals surface area contributed by atoms with Gasteiger partial charge in [0.25, 0.3) is 0 Å². The Morgan fingerprint density at radius 2 is 1.27 bits per heavy atom. The van der Waals surface area contributed by atoms with Crippen molar-refractivity contribution in [3.8, 4) is 22.4 Å². The standard InChI is InChI=1S/C36H21N3S/c1-2-9-28-25(7-1)30-19-24(13-15-29(30)36-35(28)38-34-11-5-6-18-39(34)36)31-20-23(16-17-37-31)22-12-14-27-26-8-3-4-10-32(26)40-33(27)21-22/h1-21H. The fourth-order valence-electron chi connectivity index (χ4n) is 6.17. The molecule has 3 nitrogen and oxygen atoms in total. The zero-order chi connectivity index (χ0) is 26.2. The lowest BCUT2D eigenvalue weighted by Gasteiger charge is -2.10. The number of hydrogen-bond acceptors (Lipinski definition) is 3. The van der Waals surface area contributed by atoms with Crippen LogP contribution >= 0.6 is 11.3 Å². The quantitative estimate of drug-likeness (QED) is 0.209. The Kier molecular flexibility index (Phi) is 4.48. The molecule has 5 aromatic carbocycles. The van der Waals surface area contributed by atoms with Crippen molar-refractivity contribution in [1.82, 2.24) is 14.4 Å². The maximum absolute atomic E-state index is 5.01. The molecule has 0 bridgehead atoms. The van der Waals surface area contributed by atoms with E-state index in [1.165, 1.54) is 52.8 Å². The van der Waals surface area contributed by atoms with Gasteiger partial charge in [-0.25, -0.2) is 4.98 Å². The number of benzene rings is 5. The van der Waals surface area contributed by atoms with Crippen molar-refractivity contribution in [2.24, 2.45) is 0 Å². The summed E-state index contributed by atoms with van der Waals surface area (Å²) in [5, 5.41) is 7.44. The summed E-state index contributed by atoms with van der Waals surface area (Å²) in [5.41, 5.74) is 7.61. The molecule has 4 heteroatoms. The first-order valence-electron chi connectivity index (χ1n) is 13.4. The first kappa shape index (κ1) is 21.8. The number of pyridine rings is 2. The molecule has 9 aromatic rings. The van der Waals surface area contributed by atoms with E-state index in [1.54, 1.807) is 0 Å². The maximum atomic E-state index is 5.01. The Hall–Kier alpha value is -5.06. The molecule has 0 fully saturated rings. The molecule has 0 aliphatic carbocycles. The minimum atomic E-state index is 0.962. The zero-order valence-electron chi connectivity index (χ0n) is 21.4. The Morgan fingerprint density at radius 1 is 0.525 bits per heavy atom. The highest BCUT2D eigenvalue weighted by Crippen LogP contribution is 2.39. The highest BCUT2D eigenvalue weighted by molar-refractivity contribution is 7.25. The van der Waals surface area contributed by atoms with Crippen LogP contribution in [0.15, 0.2) is 128 Å². The molecule has 40 heavy (non-hydrogen) atoms. The van der Waals surface area contributed by atoms with Gasteiger partial charge in [-0.1, -0.05) is 72.8 Å². The number of thiophene rings is 1. The second-order valence-corrected chi connectivity index (χ2v) is 11.4. The third-order valence-electron chi connectivity index (χ3n) is 8.04. The number of hydrogen-bond donors (Lipinski definition) is 0. The molecule has 4 aromatic heterocycles. The Balaban J connectivity index is 1.24. The number of fused-ring (bicyclic) bond motifs is 11. The van der Waals surface area contributed by atoms with Crippen LogP contribution in [0.5, 0.6) is 0 Å². The Bertz CT molecular complexity index is 2450. The molecule has 0 saturated carbocycles. The minimum absolute atomic E-state index is 0.962. The molecule has 0 unspecified atom stereocenters. The molecular weight excluding hydrogens is 506 g/mol.